The zero-order valence-electron chi connectivity index (χ0n) is 46.8. The Morgan fingerprint density at radius 1 is 0.795 bits per heavy atom. The van der Waals surface area contributed by atoms with Crippen LogP contribution in [0.1, 0.15) is 103 Å². The number of hydrogen-bond acceptors (Lipinski definition) is 13. The number of rotatable bonds is 3. The van der Waals surface area contributed by atoms with E-state index in [2.05, 4.69) is 90.0 Å². The SMILES string of the molecule is COc1cc2c(cc1O)[C@H]1C[C@@H](O)[C@@H]3Cc4cc(O)c5cc4[C@H]4C[C@@H](C[C@@H](OC(C)=O)[C@@H](C2)[C@]1(c1ccc2ccccc2c1)[C@H]34)OC(=O)[C@@]12C[C@@H](C#CCCNCc3cccc(c3)-c3cc(O)cc4ccc1cc34)C[C@H](CSSCCO5)C2. The van der Waals surface area contributed by atoms with Gasteiger partial charge in [-0.25, -0.2) is 0 Å². The Balaban J connectivity index is 0.997. The van der Waals surface area contributed by atoms with E-state index in [4.69, 9.17) is 18.9 Å². The lowest BCUT2D eigenvalue weighted by Crippen LogP contribution is -2.65. The molecule has 14 rings (SSSR count). The molecule has 11 bridgehead atoms. The minimum atomic E-state index is -1.17. The summed E-state index contributed by atoms with van der Waals surface area (Å²) < 4.78 is 26.7. The van der Waals surface area contributed by atoms with Crippen LogP contribution in [0.15, 0.2) is 121 Å². The average Bonchev–Trinajstić information content (AvgIpc) is 2.47. The molecule has 7 aromatic rings. The van der Waals surface area contributed by atoms with Crippen LogP contribution in [0.25, 0.3) is 32.7 Å². The number of aliphatic hydroxyl groups excluding tert-OH is 1. The van der Waals surface area contributed by atoms with Gasteiger partial charge in [-0.1, -0.05) is 100 Å². The van der Waals surface area contributed by atoms with Gasteiger partial charge in [0.15, 0.2) is 23.0 Å². The number of ether oxygens (including phenoxy) is 4. The summed E-state index contributed by atoms with van der Waals surface area (Å²) in [5.74, 6) is 6.88. The molecule has 3 fully saturated rings. The van der Waals surface area contributed by atoms with Crippen molar-refractivity contribution in [1.29, 1.82) is 0 Å². The Kier molecular flexibility index (Phi) is 14.1. The van der Waals surface area contributed by atoms with Crippen molar-refractivity contribution >= 4 is 55.1 Å². The highest BCUT2D eigenvalue weighted by Gasteiger charge is 2.67. The van der Waals surface area contributed by atoms with Crippen LogP contribution in [0.4, 0.5) is 0 Å². The quantitative estimate of drug-likeness (QED) is 0.0646. The van der Waals surface area contributed by atoms with Gasteiger partial charge in [0.1, 0.15) is 18.0 Å². The average molecular weight is 1150 g/mol. The number of carbonyl (C=O) groups excluding carboxylic acids is 2. The molecule has 0 aromatic heterocycles. The van der Waals surface area contributed by atoms with Gasteiger partial charge in [-0.15, -0.1) is 5.92 Å². The predicted octanol–water partition coefficient (Wildman–Crippen LogP) is 12.6. The van der Waals surface area contributed by atoms with Gasteiger partial charge < -0.3 is 44.7 Å². The number of fused-ring (bicyclic) bond motifs is 11. The molecule has 0 amide bonds. The summed E-state index contributed by atoms with van der Waals surface area (Å²) in [6.45, 7) is 3.19. The van der Waals surface area contributed by atoms with Crippen LogP contribution in [0.5, 0.6) is 28.7 Å². The second-order valence-electron chi connectivity index (χ2n) is 24.7. The van der Waals surface area contributed by atoms with E-state index in [-0.39, 0.29) is 65.1 Å². The van der Waals surface area contributed by atoms with Gasteiger partial charge in [-0.05, 0) is 195 Å². The summed E-state index contributed by atoms with van der Waals surface area (Å²) in [5.41, 5.74) is 6.61. The molecule has 1 spiro atoms. The molecule has 426 valence electrons. The molecule has 3 saturated carbocycles. The number of hydrogen-bond donors (Lipinski definition) is 5. The summed E-state index contributed by atoms with van der Waals surface area (Å²) in [4.78, 5) is 30.8. The van der Waals surface area contributed by atoms with Gasteiger partial charge in [0.05, 0.1) is 25.2 Å². The molecule has 2 aliphatic heterocycles. The molecule has 13 heteroatoms. The summed E-state index contributed by atoms with van der Waals surface area (Å²) in [6, 6.07) is 40.9. The number of benzene rings is 7. The normalized spacial score (nSPS) is 30.0. The molecule has 0 unspecified atom stereocenters. The monoisotopic (exact) mass is 1150 g/mol. The molecule has 7 aliphatic rings. The van der Waals surface area contributed by atoms with Gasteiger partial charge in [0.25, 0.3) is 0 Å². The molecule has 5 aliphatic carbocycles. The van der Waals surface area contributed by atoms with Crippen molar-refractivity contribution in [2.24, 2.45) is 29.6 Å². The third kappa shape index (κ3) is 9.47. The molecular weight excluding hydrogens is 1080 g/mol. The first-order valence-corrected chi connectivity index (χ1v) is 32.1. The zero-order chi connectivity index (χ0) is 56.7. The number of phenols is 3. The standard InChI is InChI=1S/C70H69NO10S2/c1-39(72)80-64-31-52-30-57-55-33-66(62(75)26-47(55)24-58-61(74)34-59-56-32-63(76)65(78-2)27-48(56)25-60(64)70(59,67(57)58)50-16-13-43-10-3-4-11-44(43)22-50)79-18-19-82-83-38-42-20-40-8-5-6-17-71-37-41-9-7-12-45(21-41)54-29-51(73)23-46-14-15-49(28-53(46)54)69(35-40,36-42)68(77)81-52/h3-4,7,9-16,21-23,26-29,32-33,40,42,52,57-61,64,67,71,73-76H,6,17-20,24-25,30-31,34-38H2,1-2H3/t40-,42-,52-,57+,58-,59+,60+,61+,64+,67-,69+,70+/m0/s1. The van der Waals surface area contributed by atoms with Gasteiger partial charge in [0, 0.05) is 61.6 Å². The first-order chi connectivity index (χ1) is 40.4. The minimum absolute atomic E-state index is 0.0147. The number of aliphatic hydroxyl groups is 1. The Morgan fingerprint density at radius 2 is 1.64 bits per heavy atom. The maximum atomic E-state index is 16.7. The van der Waals surface area contributed by atoms with E-state index in [1.807, 2.05) is 42.5 Å². The fourth-order valence-corrected chi connectivity index (χ4v) is 19.2. The van der Waals surface area contributed by atoms with E-state index in [9.17, 15) is 25.2 Å². The highest BCUT2D eigenvalue weighted by molar-refractivity contribution is 8.76. The van der Waals surface area contributed by atoms with Crippen molar-refractivity contribution in [3.05, 3.63) is 160 Å². The molecule has 0 saturated heterocycles. The highest BCUT2D eigenvalue weighted by Crippen LogP contribution is 2.70. The third-order valence-corrected chi connectivity index (χ3v) is 22.6. The predicted molar refractivity (Wildman–Crippen MR) is 325 cm³/mol. The van der Waals surface area contributed by atoms with Crippen molar-refractivity contribution in [2.45, 2.75) is 112 Å². The summed E-state index contributed by atoms with van der Waals surface area (Å²) in [7, 11) is 5.05. The van der Waals surface area contributed by atoms with E-state index in [1.54, 1.807) is 34.8 Å². The van der Waals surface area contributed by atoms with E-state index < -0.39 is 41.0 Å². The Morgan fingerprint density at radius 3 is 2.51 bits per heavy atom. The molecule has 11 nitrogen and oxygen atoms in total. The van der Waals surface area contributed by atoms with Crippen LogP contribution in [0.3, 0.4) is 0 Å². The molecular formula is C70H69NO10S2. The second kappa shape index (κ2) is 21.7. The van der Waals surface area contributed by atoms with Crippen LogP contribution in [0, 0.1) is 41.4 Å². The second-order valence-corrected chi connectivity index (χ2v) is 27.3. The van der Waals surface area contributed by atoms with Crippen molar-refractivity contribution in [1.82, 2.24) is 5.32 Å². The first-order valence-electron chi connectivity index (χ1n) is 29.6. The number of phenolic OH excluding ortho intramolecular Hbond substituents is 3. The Hall–Kier alpha value is -6.82. The van der Waals surface area contributed by atoms with Crippen LogP contribution in [0.2, 0.25) is 0 Å². The van der Waals surface area contributed by atoms with E-state index in [0.29, 0.717) is 81.9 Å². The molecule has 0 radical (unpaired) electrons. The van der Waals surface area contributed by atoms with Gasteiger partial charge in [-0.3, -0.25) is 9.59 Å². The number of esters is 2. The summed E-state index contributed by atoms with van der Waals surface area (Å²) >= 11 is 0. The lowest BCUT2D eigenvalue weighted by atomic mass is 9.38. The van der Waals surface area contributed by atoms with E-state index >= 15 is 4.79 Å². The van der Waals surface area contributed by atoms with E-state index in [0.717, 1.165) is 83.8 Å². The van der Waals surface area contributed by atoms with Crippen LogP contribution in [-0.4, -0.2) is 82.4 Å². The number of methoxy groups -OCH3 is 1. The lowest BCUT2D eigenvalue weighted by Gasteiger charge is -2.66. The van der Waals surface area contributed by atoms with E-state index in [1.165, 1.54) is 6.92 Å². The van der Waals surface area contributed by atoms with Crippen molar-refractivity contribution < 1.29 is 49.0 Å². The first kappa shape index (κ1) is 54.1. The third-order valence-electron chi connectivity index (χ3n) is 20.1. The zero-order valence-corrected chi connectivity index (χ0v) is 48.4. The molecule has 2 heterocycles. The van der Waals surface area contributed by atoms with Gasteiger partial charge in [0.2, 0.25) is 0 Å². The van der Waals surface area contributed by atoms with Crippen LogP contribution < -0.4 is 14.8 Å². The van der Waals surface area contributed by atoms with Gasteiger partial charge >= 0.3 is 11.9 Å². The van der Waals surface area contributed by atoms with Gasteiger partial charge in [-0.2, -0.15) is 0 Å². The van der Waals surface area contributed by atoms with Crippen molar-refractivity contribution in [2.75, 3.05) is 31.8 Å². The molecule has 7 aromatic carbocycles. The molecule has 5 N–H and O–H groups in total. The summed E-state index contributed by atoms with van der Waals surface area (Å²) in [5, 5.41) is 55.4. The topological polar surface area (TPSA) is 164 Å². The largest absolute Gasteiger partial charge is 0.508 e. The van der Waals surface area contributed by atoms with Crippen molar-refractivity contribution in [3.8, 4) is 51.7 Å². The minimum Gasteiger partial charge on any atom is -0.508 e. The fraction of sp³-hybridized carbons (Fsp3) is 0.400. The Bertz CT molecular complexity index is 3800. The van der Waals surface area contributed by atoms with Crippen molar-refractivity contribution in [3.63, 3.8) is 0 Å². The maximum absolute atomic E-state index is 16.7. The smallest absolute Gasteiger partial charge is 0.316 e. The fourth-order valence-electron chi connectivity index (χ4n) is 17.0. The number of nitrogens with one attached hydrogen (secondary N) is 1. The molecule has 83 heavy (non-hydrogen) atoms. The lowest BCUT2D eigenvalue weighted by molar-refractivity contribution is -0.175. The molecule has 12 atom stereocenters. The maximum Gasteiger partial charge on any atom is 0.316 e. The Labute approximate surface area is 492 Å². The number of carbonyl (C=O) groups is 2. The number of aromatic hydroxyl groups is 3. The highest BCUT2D eigenvalue weighted by atomic mass is 33.1. The summed E-state index contributed by atoms with van der Waals surface area (Å²) in [6.07, 6.45) is 1.79. The van der Waals surface area contributed by atoms with Crippen LogP contribution in [-0.2, 0) is 49.3 Å². The van der Waals surface area contributed by atoms with Crippen LogP contribution >= 0.6 is 21.6 Å².